The van der Waals surface area contributed by atoms with Crippen LogP contribution in [0.1, 0.15) is 27.2 Å². The van der Waals surface area contributed by atoms with Gasteiger partial charge in [-0.1, -0.05) is 45.4 Å². The fourth-order valence-corrected chi connectivity index (χ4v) is 4.44. The van der Waals surface area contributed by atoms with Gasteiger partial charge in [0.05, 0.1) is 10.6 Å². The van der Waals surface area contributed by atoms with E-state index in [4.69, 9.17) is 9.84 Å². The van der Waals surface area contributed by atoms with Gasteiger partial charge in [0.15, 0.2) is 0 Å². The Hall–Kier alpha value is -2.12. The van der Waals surface area contributed by atoms with Gasteiger partial charge in [-0.05, 0) is 36.4 Å². The number of fused-ring (bicyclic) bond motifs is 1. The van der Waals surface area contributed by atoms with E-state index >= 15 is 0 Å². The van der Waals surface area contributed by atoms with Crippen LogP contribution in [0.25, 0.3) is 0 Å². The maximum Gasteiger partial charge on any atom is 0.368 e. The van der Waals surface area contributed by atoms with Gasteiger partial charge in [-0.3, -0.25) is 0 Å². The molecule has 2 aromatic rings. The third-order valence-corrected chi connectivity index (χ3v) is 6.25. The van der Waals surface area contributed by atoms with Gasteiger partial charge in [-0.2, -0.15) is 4.39 Å². The fourth-order valence-electron chi connectivity index (χ4n) is 2.82. The maximum absolute atomic E-state index is 13.3. The Kier molecular flexibility index (Phi) is 9.59. The number of hydrogen-bond acceptors (Lipinski definition) is 5. The third-order valence-electron chi connectivity index (χ3n) is 4.12. The van der Waals surface area contributed by atoms with Gasteiger partial charge in [0.1, 0.15) is 12.0 Å². The molecule has 0 radical (unpaired) electrons. The summed E-state index contributed by atoms with van der Waals surface area (Å²) in [4.78, 5) is 14.8. The van der Waals surface area contributed by atoms with Crippen molar-refractivity contribution in [3.63, 3.8) is 0 Å². The minimum absolute atomic E-state index is 0.452. The zero-order valence-electron chi connectivity index (χ0n) is 17.7. The van der Waals surface area contributed by atoms with Crippen LogP contribution in [0.3, 0.4) is 0 Å². The molecular formula is C23H28FNO3S2. The van der Waals surface area contributed by atoms with Crippen molar-refractivity contribution in [2.45, 2.75) is 37.0 Å². The van der Waals surface area contributed by atoms with Gasteiger partial charge < -0.3 is 14.7 Å². The van der Waals surface area contributed by atoms with E-state index in [1.807, 2.05) is 36.6 Å². The molecule has 0 saturated carbocycles. The molecule has 0 aromatic heterocycles. The second kappa shape index (κ2) is 11.9. The number of nitrogens with zero attached hydrogens (tertiary/aromatic N) is 1. The van der Waals surface area contributed by atoms with Gasteiger partial charge >= 0.3 is 5.97 Å². The van der Waals surface area contributed by atoms with Crippen LogP contribution in [0.4, 0.5) is 15.8 Å². The molecule has 0 spiro atoms. The third kappa shape index (κ3) is 6.44. The smallest absolute Gasteiger partial charge is 0.368 e. The standard InChI is InChI=1S/C20H20FNO3S2.C3H8/c1-13-10-22(14-6-4-3-5-7-14)16-8-19(26-2)17(9-18(16)27-12-13)25-11-15(21)20(23)24;1-3-2/h3-9,11,13H,10,12H2,1-2H3,(H,23,24);3H2,1-2H3/b15-11-;. The molecule has 2 aromatic carbocycles. The van der Waals surface area contributed by atoms with Crippen LogP contribution in [0.5, 0.6) is 5.75 Å². The summed E-state index contributed by atoms with van der Waals surface area (Å²) in [5.74, 6) is -1.09. The highest BCUT2D eigenvalue weighted by Crippen LogP contribution is 2.44. The zero-order valence-corrected chi connectivity index (χ0v) is 19.4. The van der Waals surface area contributed by atoms with E-state index in [0.29, 0.717) is 17.9 Å². The Morgan fingerprint density at radius 1 is 1.33 bits per heavy atom. The van der Waals surface area contributed by atoms with Crippen molar-refractivity contribution in [1.82, 2.24) is 0 Å². The number of halogens is 1. The van der Waals surface area contributed by atoms with E-state index in [0.717, 1.165) is 33.5 Å². The molecule has 0 amide bonds. The number of carbonyl (C=O) groups is 1. The number of carboxylic acids is 1. The van der Waals surface area contributed by atoms with Crippen LogP contribution in [0.2, 0.25) is 0 Å². The summed E-state index contributed by atoms with van der Waals surface area (Å²) in [7, 11) is 0. The number of ether oxygens (including phenoxy) is 1. The topological polar surface area (TPSA) is 49.8 Å². The molecule has 30 heavy (non-hydrogen) atoms. The van der Waals surface area contributed by atoms with Crippen LogP contribution in [-0.4, -0.2) is 29.6 Å². The molecule has 3 rings (SSSR count). The first-order valence-corrected chi connectivity index (χ1v) is 12.0. The van der Waals surface area contributed by atoms with Crippen molar-refractivity contribution in [2.75, 3.05) is 23.5 Å². The molecule has 0 bridgehead atoms. The van der Waals surface area contributed by atoms with Crippen LogP contribution in [-0.2, 0) is 4.79 Å². The Bertz CT molecular complexity index is 874. The lowest BCUT2D eigenvalue weighted by Gasteiger charge is -2.27. The monoisotopic (exact) mass is 449 g/mol. The number of rotatable bonds is 5. The lowest BCUT2D eigenvalue weighted by atomic mass is 10.1. The van der Waals surface area contributed by atoms with Crippen LogP contribution in [0, 0.1) is 5.92 Å². The van der Waals surface area contributed by atoms with Crippen LogP contribution in [0.15, 0.2) is 64.3 Å². The molecule has 0 saturated heterocycles. The normalized spacial score (nSPS) is 16.1. The lowest BCUT2D eigenvalue weighted by Crippen LogP contribution is -2.23. The van der Waals surface area contributed by atoms with Crippen molar-refractivity contribution in [1.29, 1.82) is 0 Å². The largest absolute Gasteiger partial charge is 0.476 e. The number of aliphatic carboxylic acids is 1. The SMILES string of the molecule is CCC.CSc1cc2c(cc1O/C=C(\F)C(=O)O)SCC(C)CN2c1ccccc1. The molecule has 1 atom stereocenters. The van der Waals surface area contributed by atoms with Crippen molar-refractivity contribution in [2.24, 2.45) is 5.92 Å². The number of carboxylic acid groups (broad SMARTS) is 1. The Balaban J connectivity index is 0.00000101. The Morgan fingerprint density at radius 3 is 2.60 bits per heavy atom. The molecule has 1 aliphatic rings. The van der Waals surface area contributed by atoms with Gasteiger partial charge in [0.25, 0.3) is 0 Å². The van der Waals surface area contributed by atoms with Crippen molar-refractivity contribution >= 4 is 40.9 Å². The predicted octanol–water partition coefficient (Wildman–Crippen LogP) is 6.98. The molecule has 162 valence electrons. The lowest BCUT2D eigenvalue weighted by molar-refractivity contribution is -0.134. The maximum atomic E-state index is 13.3. The minimum Gasteiger partial charge on any atom is -0.476 e. The quantitative estimate of drug-likeness (QED) is 0.302. The van der Waals surface area contributed by atoms with Crippen LogP contribution >= 0.6 is 23.5 Å². The molecule has 1 N–H and O–H groups in total. The van der Waals surface area contributed by atoms with E-state index in [1.54, 1.807) is 11.8 Å². The molecular weight excluding hydrogens is 421 g/mol. The Labute approximate surface area is 186 Å². The van der Waals surface area contributed by atoms with Gasteiger partial charge in [0, 0.05) is 22.9 Å². The molecule has 0 fully saturated rings. The molecule has 1 heterocycles. The molecule has 1 unspecified atom stereocenters. The minimum atomic E-state index is -1.64. The van der Waals surface area contributed by atoms with E-state index in [1.165, 1.54) is 18.2 Å². The summed E-state index contributed by atoms with van der Waals surface area (Å²) in [6.45, 7) is 7.36. The average Bonchev–Trinajstić information content (AvgIpc) is 2.91. The second-order valence-corrected chi connectivity index (χ2v) is 8.84. The van der Waals surface area contributed by atoms with Crippen molar-refractivity contribution in [3.05, 3.63) is 54.6 Å². The number of thioether (sulfide) groups is 2. The first-order valence-electron chi connectivity index (χ1n) is 9.84. The summed E-state index contributed by atoms with van der Waals surface area (Å²) in [5, 5.41) is 8.67. The highest BCUT2D eigenvalue weighted by atomic mass is 32.2. The van der Waals surface area contributed by atoms with Crippen molar-refractivity contribution < 1.29 is 19.0 Å². The number of anilines is 2. The van der Waals surface area contributed by atoms with Gasteiger partial charge in [-0.25, -0.2) is 4.79 Å². The number of hydrogen-bond donors (Lipinski definition) is 1. The molecule has 0 aliphatic carbocycles. The van der Waals surface area contributed by atoms with E-state index in [2.05, 4.69) is 37.8 Å². The Morgan fingerprint density at radius 2 is 2.00 bits per heavy atom. The van der Waals surface area contributed by atoms with Gasteiger partial charge in [-0.15, -0.1) is 23.5 Å². The molecule has 4 nitrogen and oxygen atoms in total. The highest BCUT2D eigenvalue weighted by molar-refractivity contribution is 7.99. The van der Waals surface area contributed by atoms with E-state index in [-0.39, 0.29) is 0 Å². The fraction of sp³-hybridized carbons (Fsp3) is 0.348. The van der Waals surface area contributed by atoms with Crippen molar-refractivity contribution in [3.8, 4) is 5.75 Å². The molecule has 1 aliphatic heterocycles. The van der Waals surface area contributed by atoms with Crippen LogP contribution < -0.4 is 9.64 Å². The number of benzene rings is 2. The number of para-hydroxylation sites is 1. The summed E-state index contributed by atoms with van der Waals surface area (Å²) >= 11 is 3.20. The summed E-state index contributed by atoms with van der Waals surface area (Å²) < 4.78 is 18.7. The van der Waals surface area contributed by atoms with E-state index < -0.39 is 11.8 Å². The molecule has 7 heteroatoms. The second-order valence-electron chi connectivity index (χ2n) is 6.93. The first-order chi connectivity index (χ1) is 14.4. The predicted molar refractivity (Wildman–Crippen MR) is 125 cm³/mol. The van der Waals surface area contributed by atoms with E-state index in [9.17, 15) is 9.18 Å². The summed E-state index contributed by atoms with van der Waals surface area (Å²) in [6, 6.07) is 14.1. The highest BCUT2D eigenvalue weighted by Gasteiger charge is 2.23. The summed E-state index contributed by atoms with van der Waals surface area (Å²) in [6.07, 6.45) is 3.80. The zero-order chi connectivity index (χ0) is 22.1. The van der Waals surface area contributed by atoms with Gasteiger partial charge in [0.2, 0.25) is 5.83 Å². The first kappa shape index (κ1) is 24.2. The average molecular weight is 450 g/mol. The summed E-state index contributed by atoms with van der Waals surface area (Å²) in [5.41, 5.74) is 2.19.